The minimum Gasteiger partial charge on any atom is -0.370 e. The van der Waals surface area contributed by atoms with E-state index in [-0.39, 0.29) is 18.9 Å². The number of carbonyl (C=O) groups excluding carboxylic acids is 3. The van der Waals surface area contributed by atoms with E-state index in [9.17, 15) is 14.4 Å². The van der Waals surface area contributed by atoms with E-state index in [0.29, 0.717) is 13.1 Å². The van der Waals surface area contributed by atoms with Crippen LogP contribution in [-0.4, -0.2) is 47.8 Å². The average Bonchev–Trinajstić information content (AvgIpc) is 2.11. The third-order valence-corrected chi connectivity index (χ3v) is 2.53. The van der Waals surface area contributed by atoms with Gasteiger partial charge in [-0.1, -0.05) is 0 Å². The van der Waals surface area contributed by atoms with Gasteiger partial charge in [0.05, 0.1) is 13.0 Å². The maximum absolute atomic E-state index is 12.0. The summed E-state index contributed by atoms with van der Waals surface area (Å²) in [6, 6.07) is 0. The van der Waals surface area contributed by atoms with E-state index in [2.05, 4.69) is 5.32 Å². The molecule has 7 heteroatoms. The number of carbonyl (C=O) groups is 3. The highest BCUT2D eigenvalue weighted by atomic mass is 16.2. The van der Waals surface area contributed by atoms with Crippen LogP contribution in [0.2, 0.25) is 0 Å². The van der Waals surface area contributed by atoms with E-state index in [1.165, 1.54) is 4.90 Å². The molecule has 1 aliphatic heterocycles. The van der Waals surface area contributed by atoms with Crippen molar-refractivity contribution in [2.24, 2.45) is 11.5 Å². The Balaban J connectivity index is 2.77. The van der Waals surface area contributed by atoms with E-state index in [0.717, 1.165) is 0 Å². The fraction of sp³-hybridized carbons (Fsp3) is 0.667. The summed E-state index contributed by atoms with van der Waals surface area (Å²) in [5.74, 6) is -1.46. The number of primary amides is 2. The molecular formula is C9H16N4O3. The molecule has 1 aliphatic rings. The number of hydrogen-bond donors (Lipinski definition) is 3. The number of hydrogen-bond acceptors (Lipinski definition) is 4. The van der Waals surface area contributed by atoms with Crippen molar-refractivity contribution in [3.05, 3.63) is 0 Å². The third kappa shape index (κ3) is 2.69. The second-order valence-corrected chi connectivity index (χ2v) is 4.09. The molecule has 16 heavy (non-hydrogen) atoms. The van der Waals surface area contributed by atoms with Gasteiger partial charge in [0.25, 0.3) is 0 Å². The summed E-state index contributed by atoms with van der Waals surface area (Å²) < 4.78 is 0. The van der Waals surface area contributed by atoms with Crippen LogP contribution in [0.3, 0.4) is 0 Å². The molecule has 0 aliphatic carbocycles. The molecule has 1 atom stereocenters. The van der Waals surface area contributed by atoms with Crippen molar-refractivity contribution >= 4 is 17.7 Å². The maximum atomic E-state index is 12.0. The molecule has 1 fully saturated rings. The van der Waals surface area contributed by atoms with Gasteiger partial charge in [0.2, 0.25) is 17.7 Å². The van der Waals surface area contributed by atoms with Gasteiger partial charge in [0, 0.05) is 13.1 Å². The molecule has 5 N–H and O–H groups in total. The Morgan fingerprint density at radius 3 is 2.56 bits per heavy atom. The fourth-order valence-corrected chi connectivity index (χ4v) is 1.82. The Bertz CT molecular complexity index is 331. The van der Waals surface area contributed by atoms with Gasteiger partial charge in [-0.3, -0.25) is 14.4 Å². The van der Waals surface area contributed by atoms with Crippen LogP contribution in [0.25, 0.3) is 0 Å². The van der Waals surface area contributed by atoms with Gasteiger partial charge in [-0.25, -0.2) is 0 Å². The third-order valence-electron chi connectivity index (χ3n) is 2.53. The van der Waals surface area contributed by atoms with Crippen LogP contribution in [0.5, 0.6) is 0 Å². The summed E-state index contributed by atoms with van der Waals surface area (Å²) >= 11 is 0. The minimum atomic E-state index is -1.03. The van der Waals surface area contributed by atoms with Gasteiger partial charge in [-0.15, -0.1) is 0 Å². The van der Waals surface area contributed by atoms with Crippen molar-refractivity contribution in [2.45, 2.75) is 18.9 Å². The van der Waals surface area contributed by atoms with E-state index >= 15 is 0 Å². The number of amides is 3. The first-order valence-corrected chi connectivity index (χ1v) is 4.96. The molecule has 0 aromatic carbocycles. The molecule has 0 saturated carbocycles. The second-order valence-electron chi connectivity index (χ2n) is 4.09. The topological polar surface area (TPSA) is 119 Å². The first-order valence-electron chi connectivity index (χ1n) is 4.96. The highest BCUT2D eigenvalue weighted by Gasteiger charge is 2.40. The molecule has 1 unspecified atom stereocenters. The molecule has 0 spiro atoms. The maximum Gasteiger partial charge on any atom is 0.243 e. The molecule has 3 amide bonds. The van der Waals surface area contributed by atoms with Gasteiger partial charge >= 0.3 is 0 Å². The zero-order valence-electron chi connectivity index (χ0n) is 9.16. The number of rotatable bonds is 4. The van der Waals surface area contributed by atoms with Crippen molar-refractivity contribution in [1.29, 1.82) is 0 Å². The molecule has 1 rings (SSSR count). The molecular weight excluding hydrogens is 212 g/mol. The summed E-state index contributed by atoms with van der Waals surface area (Å²) in [5.41, 5.74) is 9.08. The van der Waals surface area contributed by atoms with Gasteiger partial charge in [0.15, 0.2) is 0 Å². The van der Waals surface area contributed by atoms with Crippen LogP contribution in [0, 0.1) is 0 Å². The highest BCUT2D eigenvalue weighted by molar-refractivity contribution is 5.94. The minimum absolute atomic E-state index is 0.0961. The first-order chi connectivity index (χ1) is 7.35. The van der Waals surface area contributed by atoms with Crippen molar-refractivity contribution in [3.63, 3.8) is 0 Å². The number of nitrogens with one attached hydrogen (secondary N) is 1. The largest absolute Gasteiger partial charge is 0.370 e. The highest BCUT2D eigenvalue weighted by Crippen LogP contribution is 2.16. The van der Waals surface area contributed by atoms with Crippen molar-refractivity contribution in [1.82, 2.24) is 10.2 Å². The van der Waals surface area contributed by atoms with E-state index in [1.807, 2.05) is 0 Å². The van der Waals surface area contributed by atoms with E-state index in [4.69, 9.17) is 11.5 Å². The van der Waals surface area contributed by atoms with E-state index in [1.54, 1.807) is 6.92 Å². The lowest BCUT2D eigenvalue weighted by atomic mass is 9.93. The Morgan fingerprint density at radius 1 is 1.44 bits per heavy atom. The van der Waals surface area contributed by atoms with Crippen LogP contribution >= 0.6 is 0 Å². The van der Waals surface area contributed by atoms with Gasteiger partial charge in [-0.05, 0) is 6.92 Å². The predicted molar refractivity (Wildman–Crippen MR) is 56.0 cm³/mol. The molecule has 0 bridgehead atoms. The van der Waals surface area contributed by atoms with Crippen molar-refractivity contribution in [2.75, 3.05) is 19.6 Å². The zero-order valence-corrected chi connectivity index (χ0v) is 9.16. The summed E-state index contributed by atoms with van der Waals surface area (Å²) in [7, 11) is 0. The summed E-state index contributed by atoms with van der Waals surface area (Å²) in [6.45, 7) is 2.36. The number of piperazine rings is 1. The van der Waals surface area contributed by atoms with Crippen LogP contribution in [0.1, 0.15) is 13.3 Å². The molecule has 90 valence electrons. The smallest absolute Gasteiger partial charge is 0.243 e. The Hall–Kier alpha value is -1.63. The first kappa shape index (κ1) is 12.4. The number of nitrogens with zero attached hydrogens (tertiary/aromatic N) is 1. The molecule has 0 radical (unpaired) electrons. The zero-order chi connectivity index (χ0) is 12.3. The molecule has 7 nitrogen and oxygen atoms in total. The van der Waals surface area contributed by atoms with Crippen LogP contribution in [0.15, 0.2) is 0 Å². The lowest BCUT2D eigenvalue weighted by Gasteiger charge is -2.39. The molecule has 0 aromatic rings. The lowest BCUT2D eigenvalue weighted by Crippen LogP contribution is -2.64. The standard InChI is InChI=1S/C9H16N4O3/c1-9(4-6(10)14)8(16)13(3-2-12-9)5-7(11)15/h12H,2-5H2,1H3,(H2,10,14)(H2,11,15). The summed E-state index contributed by atoms with van der Waals surface area (Å²) in [5, 5.41) is 2.94. The molecule has 0 aromatic heterocycles. The quantitative estimate of drug-likeness (QED) is 0.494. The molecule has 1 saturated heterocycles. The summed E-state index contributed by atoms with van der Waals surface area (Å²) in [4.78, 5) is 34.9. The molecule has 1 heterocycles. The fourth-order valence-electron chi connectivity index (χ4n) is 1.82. The van der Waals surface area contributed by atoms with Crippen LogP contribution in [-0.2, 0) is 14.4 Å². The average molecular weight is 228 g/mol. The monoisotopic (exact) mass is 228 g/mol. The van der Waals surface area contributed by atoms with Gasteiger partial charge in [-0.2, -0.15) is 0 Å². The predicted octanol–water partition coefficient (Wildman–Crippen LogP) is -2.46. The van der Waals surface area contributed by atoms with Crippen molar-refractivity contribution in [3.8, 4) is 0 Å². The van der Waals surface area contributed by atoms with Crippen LogP contribution in [0.4, 0.5) is 0 Å². The SMILES string of the molecule is CC1(CC(N)=O)NCCN(CC(N)=O)C1=O. The van der Waals surface area contributed by atoms with Gasteiger partial charge in [0.1, 0.15) is 5.54 Å². The van der Waals surface area contributed by atoms with Crippen LogP contribution < -0.4 is 16.8 Å². The Labute approximate surface area is 93.1 Å². The normalized spacial score (nSPS) is 25.6. The van der Waals surface area contributed by atoms with E-state index < -0.39 is 17.4 Å². The van der Waals surface area contributed by atoms with Crippen molar-refractivity contribution < 1.29 is 14.4 Å². The number of nitrogens with two attached hydrogens (primary N) is 2. The summed E-state index contributed by atoms with van der Waals surface area (Å²) in [6.07, 6.45) is -0.0961. The van der Waals surface area contributed by atoms with Gasteiger partial charge < -0.3 is 21.7 Å². The second kappa shape index (κ2) is 4.48. The Kier molecular flexibility index (Phi) is 3.48. The lowest BCUT2D eigenvalue weighted by molar-refractivity contribution is -0.145. The Morgan fingerprint density at radius 2 is 2.06 bits per heavy atom.